The maximum atomic E-state index is 6.03. The molecule has 0 amide bonds. The van der Waals surface area contributed by atoms with Crippen LogP contribution in [0.5, 0.6) is 5.88 Å². The fourth-order valence-electron chi connectivity index (χ4n) is 2.83. The van der Waals surface area contributed by atoms with Crippen molar-refractivity contribution in [3.8, 4) is 5.88 Å². The van der Waals surface area contributed by atoms with Crippen LogP contribution in [0, 0.1) is 0 Å². The Hall–Kier alpha value is -1.16. The van der Waals surface area contributed by atoms with Crippen molar-refractivity contribution in [2.45, 2.75) is 71.3 Å². The van der Waals surface area contributed by atoms with E-state index in [1.807, 2.05) is 0 Å². The number of fused-ring (bicyclic) bond motifs is 1. The summed E-state index contributed by atoms with van der Waals surface area (Å²) in [5, 5.41) is 0. The fourth-order valence-corrected chi connectivity index (χ4v) is 2.97. The van der Waals surface area contributed by atoms with Crippen molar-refractivity contribution >= 4 is 17.2 Å². The van der Waals surface area contributed by atoms with Crippen molar-refractivity contribution in [3.05, 3.63) is 22.9 Å². The standard InChI is InChI=1S/C17H26N2OS/c1-3-4-5-6-8-12(2)20-17-14(16(18)21)11-13-9-7-10-15(13)19-17/h11-12H,3-10H2,1-2H3,(H2,18,21). The number of hydrogen-bond acceptors (Lipinski definition) is 3. The van der Waals surface area contributed by atoms with E-state index in [0.29, 0.717) is 10.9 Å². The van der Waals surface area contributed by atoms with Crippen LogP contribution in [0.4, 0.5) is 0 Å². The summed E-state index contributed by atoms with van der Waals surface area (Å²) in [6.45, 7) is 4.33. The van der Waals surface area contributed by atoms with Gasteiger partial charge in [0, 0.05) is 5.69 Å². The Morgan fingerprint density at radius 1 is 1.38 bits per heavy atom. The summed E-state index contributed by atoms with van der Waals surface area (Å²) >= 11 is 5.15. The van der Waals surface area contributed by atoms with E-state index < -0.39 is 0 Å². The van der Waals surface area contributed by atoms with Crippen molar-refractivity contribution < 1.29 is 4.74 Å². The molecule has 1 aromatic heterocycles. The molecule has 1 aliphatic rings. The molecule has 2 N–H and O–H groups in total. The lowest BCUT2D eigenvalue weighted by atomic mass is 10.1. The molecule has 1 unspecified atom stereocenters. The van der Waals surface area contributed by atoms with Gasteiger partial charge in [-0.1, -0.05) is 38.4 Å². The molecule has 1 aliphatic carbocycles. The predicted octanol–water partition coefficient (Wildman–Crippen LogP) is 3.94. The molecule has 0 saturated carbocycles. The highest BCUT2D eigenvalue weighted by Gasteiger charge is 2.19. The molecule has 21 heavy (non-hydrogen) atoms. The van der Waals surface area contributed by atoms with Gasteiger partial charge in [0.2, 0.25) is 5.88 Å². The van der Waals surface area contributed by atoms with E-state index >= 15 is 0 Å². The van der Waals surface area contributed by atoms with Crippen molar-refractivity contribution in [2.75, 3.05) is 0 Å². The third kappa shape index (κ3) is 4.40. The molecular weight excluding hydrogens is 280 g/mol. The third-order valence-electron chi connectivity index (χ3n) is 4.06. The Balaban J connectivity index is 2.03. The van der Waals surface area contributed by atoms with Crippen LogP contribution in [-0.4, -0.2) is 16.1 Å². The number of nitrogens with two attached hydrogens (primary N) is 1. The summed E-state index contributed by atoms with van der Waals surface area (Å²) in [6, 6.07) is 2.08. The number of rotatable bonds is 8. The first-order valence-corrected chi connectivity index (χ1v) is 8.52. The fraction of sp³-hybridized carbons (Fsp3) is 0.647. The van der Waals surface area contributed by atoms with Gasteiger partial charge >= 0.3 is 0 Å². The summed E-state index contributed by atoms with van der Waals surface area (Å²) in [4.78, 5) is 5.05. The van der Waals surface area contributed by atoms with E-state index in [0.717, 1.165) is 36.9 Å². The molecule has 1 heterocycles. The monoisotopic (exact) mass is 306 g/mol. The quantitative estimate of drug-likeness (QED) is 0.584. The van der Waals surface area contributed by atoms with Gasteiger partial charge in [-0.05, 0) is 50.7 Å². The lowest BCUT2D eigenvalue weighted by Crippen LogP contribution is -2.18. The highest BCUT2D eigenvalue weighted by Crippen LogP contribution is 2.27. The summed E-state index contributed by atoms with van der Waals surface area (Å²) in [5.41, 5.74) is 9.07. The zero-order valence-corrected chi connectivity index (χ0v) is 14.0. The van der Waals surface area contributed by atoms with E-state index in [1.165, 1.54) is 31.2 Å². The van der Waals surface area contributed by atoms with E-state index in [2.05, 4.69) is 24.9 Å². The summed E-state index contributed by atoms with van der Waals surface area (Å²) in [5.74, 6) is 0.631. The number of thiocarbonyl (C=S) groups is 1. The maximum Gasteiger partial charge on any atom is 0.224 e. The second kappa shape index (κ2) is 7.74. The molecule has 0 bridgehead atoms. The van der Waals surface area contributed by atoms with E-state index in [1.54, 1.807) is 0 Å². The highest BCUT2D eigenvalue weighted by atomic mass is 32.1. The molecule has 2 rings (SSSR count). The van der Waals surface area contributed by atoms with Crippen LogP contribution < -0.4 is 10.5 Å². The Morgan fingerprint density at radius 3 is 2.90 bits per heavy atom. The van der Waals surface area contributed by atoms with Crippen LogP contribution in [-0.2, 0) is 12.8 Å². The van der Waals surface area contributed by atoms with Gasteiger partial charge in [0.05, 0.1) is 11.7 Å². The number of aryl methyl sites for hydroxylation is 2. The zero-order valence-electron chi connectivity index (χ0n) is 13.2. The summed E-state index contributed by atoms with van der Waals surface area (Å²) in [6.07, 6.45) is 9.49. The molecule has 116 valence electrons. The highest BCUT2D eigenvalue weighted by molar-refractivity contribution is 7.80. The van der Waals surface area contributed by atoms with Gasteiger partial charge in [-0.15, -0.1) is 0 Å². The minimum Gasteiger partial charge on any atom is -0.474 e. The predicted molar refractivity (Wildman–Crippen MR) is 91.0 cm³/mol. The number of nitrogens with zero attached hydrogens (tertiary/aromatic N) is 1. The number of ether oxygens (including phenoxy) is 1. The van der Waals surface area contributed by atoms with Crippen molar-refractivity contribution in [3.63, 3.8) is 0 Å². The normalized spacial score (nSPS) is 14.8. The van der Waals surface area contributed by atoms with Gasteiger partial charge in [0.1, 0.15) is 4.99 Å². The summed E-state index contributed by atoms with van der Waals surface area (Å²) < 4.78 is 6.03. The maximum absolute atomic E-state index is 6.03. The van der Waals surface area contributed by atoms with Crippen molar-refractivity contribution in [1.82, 2.24) is 4.98 Å². The SMILES string of the molecule is CCCCCCC(C)Oc1nc2c(cc1C(N)=S)CCC2. The smallest absolute Gasteiger partial charge is 0.224 e. The molecule has 0 saturated heterocycles. The Kier molecular flexibility index (Phi) is 5.97. The van der Waals surface area contributed by atoms with Gasteiger partial charge < -0.3 is 10.5 Å². The van der Waals surface area contributed by atoms with Crippen LogP contribution in [0.2, 0.25) is 0 Å². The molecule has 0 aliphatic heterocycles. The molecule has 0 fully saturated rings. The molecule has 0 spiro atoms. The Bertz CT molecular complexity index is 502. The molecule has 1 aromatic rings. The van der Waals surface area contributed by atoms with E-state index in [-0.39, 0.29) is 6.10 Å². The van der Waals surface area contributed by atoms with Gasteiger partial charge in [0.25, 0.3) is 0 Å². The van der Waals surface area contributed by atoms with Gasteiger partial charge in [0.15, 0.2) is 0 Å². The Morgan fingerprint density at radius 2 is 2.19 bits per heavy atom. The number of aromatic nitrogens is 1. The molecule has 0 aromatic carbocycles. The van der Waals surface area contributed by atoms with E-state index in [9.17, 15) is 0 Å². The average molecular weight is 306 g/mol. The van der Waals surface area contributed by atoms with Crippen LogP contribution >= 0.6 is 12.2 Å². The topological polar surface area (TPSA) is 48.1 Å². The molecule has 1 atom stereocenters. The number of pyridine rings is 1. The summed E-state index contributed by atoms with van der Waals surface area (Å²) in [7, 11) is 0. The first kappa shape index (κ1) is 16.2. The minimum atomic E-state index is 0.155. The Labute approximate surface area is 133 Å². The molecular formula is C17H26N2OS. The van der Waals surface area contributed by atoms with Crippen LogP contribution in [0.3, 0.4) is 0 Å². The lowest BCUT2D eigenvalue weighted by molar-refractivity contribution is 0.197. The van der Waals surface area contributed by atoms with Crippen LogP contribution in [0.15, 0.2) is 6.07 Å². The van der Waals surface area contributed by atoms with Gasteiger partial charge in [-0.25, -0.2) is 4.98 Å². The first-order chi connectivity index (χ1) is 10.1. The van der Waals surface area contributed by atoms with Gasteiger partial charge in [-0.3, -0.25) is 0 Å². The van der Waals surface area contributed by atoms with Gasteiger partial charge in [-0.2, -0.15) is 0 Å². The number of hydrogen-bond donors (Lipinski definition) is 1. The zero-order chi connectivity index (χ0) is 15.2. The largest absolute Gasteiger partial charge is 0.474 e. The van der Waals surface area contributed by atoms with Crippen LogP contribution in [0.25, 0.3) is 0 Å². The third-order valence-corrected chi connectivity index (χ3v) is 4.28. The molecule has 0 radical (unpaired) electrons. The second-order valence-corrected chi connectivity index (χ2v) is 6.38. The average Bonchev–Trinajstić information content (AvgIpc) is 2.89. The molecule has 3 nitrogen and oxygen atoms in total. The second-order valence-electron chi connectivity index (χ2n) is 5.94. The van der Waals surface area contributed by atoms with Crippen LogP contribution in [0.1, 0.15) is 69.2 Å². The van der Waals surface area contributed by atoms with Crippen molar-refractivity contribution in [2.24, 2.45) is 5.73 Å². The lowest BCUT2D eigenvalue weighted by Gasteiger charge is -2.17. The molecule has 4 heteroatoms. The minimum absolute atomic E-state index is 0.155. The first-order valence-electron chi connectivity index (χ1n) is 8.11. The van der Waals surface area contributed by atoms with Crippen molar-refractivity contribution in [1.29, 1.82) is 0 Å². The van der Waals surface area contributed by atoms with E-state index in [4.69, 9.17) is 22.7 Å². The number of unbranched alkanes of at least 4 members (excludes halogenated alkanes) is 3.